The monoisotopic (exact) mass is 430 g/mol. The Morgan fingerprint density at radius 1 is 1.13 bits per heavy atom. The molecule has 8 heteroatoms. The Balaban J connectivity index is 1.59. The minimum atomic E-state index is -3.23. The fourth-order valence-corrected chi connectivity index (χ4v) is 4.76. The van der Waals surface area contributed by atoms with Crippen LogP contribution >= 0.6 is 0 Å². The zero-order valence-corrected chi connectivity index (χ0v) is 18.0. The molecule has 2 aromatic carbocycles. The molecule has 0 N–H and O–H groups in total. The largest absolute Gasteiger partial charge is 0.487 e. The van der Waals surface area contributed by atoms with Gasteiger partial charge in [-0.3, -0.25) is 9.69 Å². The molecule has 0 radical (unpaired) electrons. The van der Waals surface area contributed by atoms with E-state index in [2.05, 4.69) is 4.90 Å². The molecule has 2 heterocycles. The highest BCUT2D eigenvalue weighted by molar-refractivity contribution is 7.90. The standard InChI is InChI=1S/C22H26N2O5S/c1-28-12-11-24-19-5-3-4-6-21(19)29-17-13-20(22(24)25)23(15-17)14-16-7-9-18(10-8-16)30(2,26)27/h3-10,17,20H,11-15H2,1-2H3. The van der Waals surface area contributed by atoms with Crippen molar-refractivity contribution in [3.8, 4) is 5.75 Å². The summed E-state index contributed by atoms with van der Waals surface area (Å²) in [5, 5.41) is 0. The number of likely N-dealkylation sites (tertiary alicyclic amines) is 1. The molecule has 4 rings (SSSR count). The third-order valence-electron chi connectivity index (χ3n) is 5.62. The minimum absolute atomic E-state index is 0.0399. The van der Waals surface area contributed by atoms with Gasteiger partial charge in [-0.05, 0) is 29.8 Å². The normalized spacial score (nSPS) is 21.7. The van der Waals surface area contributed by atoms with E-state index in [1.807, 2.05) is 36.4 Å². The maximum absolute atomic E-state index is 13.5. The highest BCUT2D eigenvalue weighted by Gasteiger charge is 2.42. The van der Waals surface area contributed by atoms with Gasteiger partial charge >= 0.3 is 0 Å². The van der Waals surface area contributed by atoms with E-state index in [1.165, 1.54) is 6.26 Å². The second-order valence-corrected chi connectivity index (χ2v) is 9.80. The van der Waals surface area contributed by atoms with Crippen molar-refractivity contribution in [3.05, 3.63) is 54.1 Å². The summed E-state index contributed by atoms with van der Waals surface area (Å²) >= 11 is 0. The summed E-state index contributed by atoms with van der Waals surface area (Å²) in [4.78, 5) is 17.7. The number of fused-ring (bicyclic) bond motifs is 3. The molecule has 30 heavy (non-hydrogen) atoms. The Kier molecular flexibility index (Phi) is 5.81. The van der Waals surface area contributed by atoms with Crippen LogP contribution in [0.25, 0.3) is 0 Å². The molecular formula is C22H26N2O5S. The number of anilines is 1. The SMILES string of the molecule is COCCN1C(=O)C2CC(CN2Cc2ccc(S(C)(=O)=O)cc2)Oc2ccccc21. The van der Waals surface area contributed by atoms with E-state index in [9.17, 15) is 13.2 Å². The lowest BCUT2D eigenvalue weighted by Gasteiger charge is -2.31. The van der Waals surface area contributed by atoms with E-state index in [1.54, 1.807) is 24.1 Å². The fourth-order valence-electron chi connectivity index (χ4n) is 4.13. The second kappa shape index (κ2) is 8.37. The number of hydrogen-bond acceptors (Lipinski definition) is 6. The third-order valence-corrected chi connectivity index (χ3v) is 6.75. The van der Waals surface area contributed by atoms with Crippen LogP contribution in [0.2, 0.25) is 0 Å². The number of ether oxygens (including phenoxy) is 2. The summed E-state index contributed by atoms with van der Waals surface area (Å²) in [6.07, 6.45) is 1.75. The number of carbonyl (C=O) groups is 1. The van der Waals surface area contributed by atoms with Crippen molar-refractivity contribution >= 4 is 21.4 Å². The fraction of sp³-hybridized carbons (Fsp3) is 0.409. The Morgan fingerprint density at radius 3 is 2.57 bits per heavy atom. The van der Waals surface area contributed by atoms with Gasteiger partial charge in [0, 0.05) is 39.4 Å². The molecule has 0 aliphatic carbocycles. The number of rotatable bonds is 6. The predicted molar refractivity (Wildman–Crippen MR) is 113 cm³/mol. The second-order valence-electron chi connectivity index (χ2n) is 7.79. The molecule has 0 spiro atoms. The van der Waals surface area contributed by atoms with Crippen molar-refractivity contribution in [2.24, 2.45) is 0 Å². The first-order valence-electron chi connectivity index (χ1n) is 9.96. The molecule has 1 amide bonds. The van der Waals surface area contributed by atoms with Gasteiger partial charge in [0.05, 0.1) is 23.2 Å². The van der Waals surface area contributed by atoms with Crippen molar-refractivity contribution in [2.75, 3.05) is 38.0 Å². The third kappa shape index (κ3) is 4.21. The van der Waals surface area contributed by atoms with Gasteiger partial charge in [-0.25, -0.2) is 8.42 Å². The van der Waals surface area contributed by atoms with Crippen LogP contribution < -0.4 is 9.64 Å². The van der Waals surface area contributed by atoms with E-state index in [-0.39, 0.29) is 18.1 Å². The number of benzene rings is 2. The molecule has 2 aliphatic heterocycles. The highest BCUT2D eigenvalue weighted by Crippen LogP contribution is 2.36. The van der Waals surface area contributed by atoms with Gasteiger partial charge in [0.15, 0.2) is 9.84 Å². The average Bonchev–Trinajstić information content (AvgIpc) is 3.11. The number of hydrogen-bond donors (Lipinski definition) is 0. The van der Waals surface area contributed by atoms with Crippen molar-refractivity contribution in [2.45, 2.75) is 30.0 Å². The Labute approximate surface area is 177 Å². The lowest BCUT2D eigenvalue weighted by atomic mass is 10.1. The summed E-state index contributed by atoms with van der Waals surface area (Å²) in [5.41, 5.74) is 1.73. The molecule has 2 aliphatic rings. The van der Waals surface area contributed by atoms with Gasteiger partial charge < -0.3 is 14.4 Å². The number of amides is 1. The van der Waals surface area contributed by atoms with Crippen molar-refractivity contribution in [1.29, 1.82) is 0 Å². The van der Waals surface area contributed by atoms with Gasteiger partial charge in [-0.2, -0.15) is 0 Å². The lowest BCUT2D eigenvalue weighted by Crippen LogP contribution is -2.47. The molecule has 2 aromatic rings. The number of sulfone groups is 1. The lowest BCUT2D eigenvalue weighted by molar-refractivity contribution is -0.123. The van der Waals surface area contributed by atoms with Crippen LogP contribution in [0.4, 0.5) is 5.69 Å². The van der Waals surface area contributed by atoms with Crippen LogP contribution in [0.5, 0.6) is 5.75 Å². The summed E-state index contributed by atoms with van der Waals surface area (Å²) in [7, 11) is -1.61. The topological polar surface area (TPSA) is 76.2 Å². The molecule has 1 fully saturated rings. The average molecular weight is 431 g/mol. The molecule has 2 atom stereocenters. The first kappa shape index (κ1) is 20.8. The predicted octanol–water partition coefficient (Wildman–Crippen LogP) is 2.11. The molecule has 0 aromatic heterocycles. The summed E-state index contributed by atoms with van der Waals surface area (Å²) in [6, 6.07) is 14.2. The van der Waals surface area contributed by atoms with E-state index in [4.69, 9.17) is 9.47 Å². The van der Waals surface area contributed by atoms with Crippen LogP contribution in [-0.4, -0.2) is 64.4 Å². The maximum Gasteiger partial charge on any atom is 0.244 e. The van der Waals surface area contributed by atoms with Crippen LogP contribution in [0, 0.1) is 0 Å². The van der Waals surface area contributed by atoms with Gasteiger partial charge in [0.25, 0.3) is 0 Å². The molecule has 0 saturated carbocycles. The number of carbonyl (C=O) groups excluding carboxylic acids is 1. The minimum Gasteiger partial charge on any atom is -0.487 e. The van der Waals surface area contributed by atoms with E-state index >= 15 is 0 Å². The number of methoxy groups -OCH3 is 1. The van der Waals surface area contributed by atoms with Crippen molar-refractivity contribution in [1.82, 2.24) is 4.90 Å². The van der Waals surface area contributed by atoms with E-state index < -0.39 is 9.84 Å². The zero-order chi connectivity index (χ0) is 21.3. The molecule has 7 nitrogen and oxygen atoms in total. The Morgan fingerprint density at radius 2 is 1.87 bits per heavy atom. The van der Waals surface area contributed by atoms with Gasteiger partial charge in [-0.15, -0.1) is 0 Å². The van der Waals surface area contributed by atoms with E-state index in [0.29, 0.717) is 43.3 Å². The van der Waals surface area contributed by atoms with Crippen LogP contribution in [0.15, 0.2) is 53.4 Å². The molecule has 2 bridgehead atoms. The van der Waals surface area contributed by atoms with Crippen LogP contribution in [-0.2, 0) is 25.9 Å². The number of nitrogens with zero attached hydrogens (tertiary/aromatic N) is 2. The Hall–Kier alpha value is -2.42. The van der Waals surface area contributed by atoms with Crippen molar-refractivity contribution < 1.29 is 22.7 Å². The molecular weight excluding hydrogens is 404 g/mol. The maximum atomic E-state index is 13.5. The smallest absolute Gasteiger partial charge is 0.244 e. The molecule has 1 saturated heterocycles. The van der Waals surface area contributed by atoms with Crippen LogP contribution in [0.3, 0.4) is 0 Å². The Bertz CT molecular complexity index is 1020. The summed E-state index contributed by atoms with van der Waals surface area (Å²) in [5.74, 6) is 0.753. The molecule has 160 valence electrons. The van der Waals surface area contributed by atoms with E-state index in [0.717, 1.165) is 11.3 Å². The quantitative estimate of drug-likeness (QED) is 0.699. The summed E-state index contributed by atoms with van der Waals surface area (Å²) < 4.78 is 34.9. The van der Waals surface area contributed by atoms with Gasteiger partial charge in [0.2, 0.25) is 5.91 Å². The summed E-state index contributed by atoms with van der Waals surface area (Å²) in [6.45, 7) is 2.07. The highest BCUT2D eigenvalue weighted by atomic mass is 32.2. The number of para-hydroxylation sites is 2. The van der Waals surface area contributed by atoms with Gasteiger partial charge in [-0.1, -0.05) is 24.3 Å². The molecule has 2 unspecified atom stereocenters. The first-order valence-corrected chi connectivity index (χ1v) is 11.8. The van der Waals surface area contributed by atoms with Crippen molar-refractivity contribution in [3.63, 3.8) is 0 Å². The van der Waals surface area contributed by atoms with Gasteiger partial charge in [0.1, 0.15) is 11.9 Å². The zero-order valence-electron chi connectivity index (χ0n) is 17.2. The van der Waals surface area contributed by atoms with Crippen LogP contribution in [0.1, 0.15) is 12.0 Å². The first-order chi connectivity index (χ1) is 14.4.